The van der Waals surface area contributed by atoms with Gasteiger partial charge in [-0.15, -0.1) is 24.8 Å². The van der Waals surface area contributed by atoms with Crippen LogP contribution in [0.15, 0.2) is 12.4 Å². The van der Waals surface area contributed by atoms with Gasteiger partial charge in [0.2, 0.25) is 5.95 Å². The highest BCUT2D eigenvalue weighted by atomic mass is 35.5. The zero-order chi connectivity index (χ0) is 9.26. The van der Waals surface area contributed by atoms with Gasteiger partial charge in [0.05, 0.1) is 17.4 Å². The van der Waals surface area contributed by atoms with E-state index in [0.29, 0.717) is 11.1 Å². The number of nitrogens with zero attached hydrogens (tertiary/aromatic N) is 3. The Balaban J connectivity index is 0.000000980. The number of hydrogen-bond donors (Lipinski definition) is 1. The number of aromatic nitrogens is 2. The van der Waals surface area contributed by atoms with Crippen molar-refractivity contribution in [3.63, 3.8) is 0 Å². The fraction of sp³-hybridized carbons (Fsp3) is 0.500. The van der Waals surface area contributed by atoms with E-state index < -0.39 is 0 Å². The molecule has 0 radical (unpaired) electrons. The summed E-state index contributed by atoms with van der Waals surface area (Å²) in [7, 11) is 1.96. The van der Waals surface area contributed by atoms with E-state index in [1.54, 1.807) is 12.4 Å². The maximum Gasteiger partial charge on any atom is 0.225 e. The van der Waals surface area contributed by atoms with Gasteiger partial charge in [-0.3, -0.25) is 0 Å². The lowest BCUT2D eigenvalue weighted by Crippen LogP contribution is -2.57. The molecule has 0 atom stereocenters. The molecular formula is C8H13Cl3N4. The van der Waals surface area contributed by atoms with Gasteiger partial charge in [-0.25, -0.2) is 9.97 Å². The quantitative estimate of drug-likeness (QED) is 0.882. The van der Waals surface area contributed by atoms with E-state index in [1.165, 1.54) is 0 Å². The van der Waals surface area contributed by atoms with E-state index in [2.05, 4.69) is 20.2 Å². The molecule has 0 aliphatic carbocycles. The van der Waals surface area contributed by atoms with Crippen LogP contribution >= 0.6 is 36.4 Å². The number of hydrogen-bond acceptors (Lipinski definition) is 4. The molecule has 2 rings (SSSR count). The molecule has 1 aromatic rings. The topological polar surface area (TPSA) is 41.0 Å². The Kier molecular flexibility index (Phi) is 6.20. The fourth-order valence-corrected chi connectivity index (χ4v) is 1.39. The van der Waals surface area contributed by atoms with Crippen LogP contribution in [0.25, 0.3) is 0 Å². The van der Waals surface area contributed by atoms with Gasteiger partial charge in [0, 0.05) is 19.1 Å². The summed E-state index contributed by atoms with van der Waals surface area (Å²) in [6.07, 6.45) is 3.24. The van der Waals surface area contributed by atoms with Crippen LogP contribution in [0, 0.1) is 0 Å². The summed E-state index contributed by atoms with van der Waals surface area (Å²) < 4.78 is 0. The molecule has 86 valence electrons. The average Bonchev–Trinajstić information content (AvgIpc) is 2.06. The molecule has 1 aliphatic rings. The number of nitrogens with one attached hydrogen (secondary N) is 1. The molecule has 4 nitrogen and oxygen atoms in total. The maximum absolute atomic E-state index is 5.68. The van der Waals surface area contributed by atoms with E-state index in [1.807, 2.05) is 7.05 Å². The van der Waals surface area contributed by atoms with E-state index >= 15 is 0 Å². The number of anilines is 1. The van der Waals surface area contributed by atoms with E-state index in [4.69, 9.17) is 11.6 Å². The zero-order valence-corrected chi connectivity index (χ0v) is 10.6. The van der Waals surface area contributed by atoms with Gasteiger partial charge >= 0.3 is 0 Å². The van der Waals surface area contributed by atoms with Crippen LogP contribution in [0.2, 0.25) is 5.02 Å². The maximum atomic E-state index is 5.68. The molecule has 1 aromatic heterocycles. The molecule has 1 fully saturated rings. The predicted molar refractivity (Wildman–Crippen MR) is 66.6 cm³/mol. The van der Waals surface area contributed by atoms with E-state index in [0.717, 1.165) is 19.0 Å². The minimum Gasteiger partial charge on any atom is -0.338 e. The van der Waals surface area contributed by atoms with Gasteiger partial charge < -0.3 is 10.2 Å². The van der Waals surface area contributed by atoms with Crippen molar-refractivity contribution in [1.82, 2.24) is 15.3 Å². The molecule has 0 saturated carbocycles. The van der Waals surface area contributed by atoms with Crippen LogP contribution in [0.4, 0.5) is 5.95 Å². The second-order valence-corrected chi connectivity index (χ2v) is 3.53. The van der Waals surface area contributed by atoms with Gasteiger partial charge in [-0.2, -0.15) is 0 Å². The molecule has 0 amide bonds. The van der Waals surface area contributed by atoms with Crippen LogP contribution in [0.3, 0.4) is 0 Å². The number of likely N-dealkylation sites (N-methyl/N-ethyl adjacent to an activating group) is 1. The van der Waals surface area contributed by atoms with Crippen LogP contribution < -0.4 is 10.2 Å². The standard InChI is InChI=1S/C8H11ClN4.2ClH/c1-10-7-4-13(5-7)8-11-2-6(9)3-12-8;;/h2-3,7,10H,4-5H2,1H3;2*1H. The highest BCUT2D eigenvalue weighted by molar-refractivity contribution is 6.30. The summed E-state index contributed by atoms with van der Waals surface area (Å²) in [5, 5.41) is 3.77. The van der Waals surface area contributed by atoms with Crippen LogP contribution in [0.5, 0.6) is 0 Å². The first-order valence-corrected chi connectivity index (χ1v) is 4.57. The van der Waals surface area contributed by atoms with Crippen molar-refractivity contribution >= 4 is 42.4 Å². The van der Waals surface area contributed by atoms with Crippen molar-refractivity contribution in [2.45, 2.75) is 6.04 Å². The van der Waals surface area contributed by atoms with Crippen molar-refractivity contribution < 1.29 is 0 Å². The highest BCUT2D eigenvalue weighted by Gasteiger charge is 2.26. The monoisotopic (exact) mass is 270 g/mol. The summed E-state index contributed by atoms with van der Waals surface area (Å²) in [6, 6.07) is 0.569. The summed E-state index contributed by atoms with van der Waals surface area (Å²) in [4.78, 5) is 10.4. The van der Waals surface area contributed by atoms with Gasteiger partial charge in [0.25, 0.3) is 0 Å². The molecule has 0 spiro atoms. The largest absolute Gasteiger partial charge is 0.338 e. The first kappa shape index (κ1) is 14.7. The van der Waals surface area contributed by atoms with E-state index in [9.17, 15) is 0 Å². The Morgan fingerprint density at radius 2 is 1.87 bits per heavy atom. The second kappa shape index (κ2) is 6.33. The summed E-state index contributed by atoms with van der Waals surface area (Å²) in [5.74, 6) is 0.760. The Hall–Kier alpha value is -0.290. The molecule has 1 saturated heterocycles. The third-order valence-corrected chi connectivity index (χ3v) is 2.37. The highest BCUT2D eigenvalue weighted by Crippen LogP contribution is 2.16. The van der Waals surface area contributed by atoms with Crippen molar-refractivity contribution in [2.24, 2.45) is 0 Å². The Morgan fingerprint density at radius 3 is 2.33 bits per heavy atom. The molecule has 7 heteroatoms. The normalized spacial score (nSPS) is 14.9. The molecular weight excluding hydrogens is 258 g/mol. The average molecular weight is 272 g/mol. The first-order valence-electron chi connectivity index (χ1n) is 4.19. The molecule has 0 unspecified atom stereocenters. The number of rotatable bonds is 2. The van der Waals surface area contributed by atoms with Crippen LogP contribution in [-0.4, -0.2) is 36.1 Å². The molecule has 2 heterocycles. The minimum absolute atomic E-state index is 0. The second-order valence-electron chi connectivity index (χ2n) is 3.09. The van der Waals surface area contributed by atoms with Crippen molar-refractivity contribution in [1.29, 1.82) is 0 Å². The first-order chi connectivity index (χ1) is 6.29. The molecule has 15 heavy (non-hydrogen) atoms. The minimum atomic E-state index is 0. The van der Waals surface area contributed by atoms with E-state index in [-0.39, 0.29) is 24.8 Å². The van der Waals surface area contributed by atoms with Gasteiger partial charge in [0.1, 0.15) is 0 Å². The molecule has 0 aromatic carbocycles. The van der Waals surface area contributed by atoms with Crippen LogP contribution in [-0.2, 0) is 0 Å². The summed E-state index contributed by atoms with van der Waals surface area (Å²) >= 11 is 5.68. The summed E-state index contributed by atoms with van der Waals surface area (Å²) in [6.45, 7) is 1.94. The lowest BCUT2D eigenvalue weighted by Gasteiger charge is -2.38. The smallest absolute Gasteiger partial charge is 0.225 e. The Bertz CT molecular complexity index is 286. The van der Waals surface area contributed by atoms with Crippen molar-refractivity contribution in [3.05, 3.63) is 17.4 Å². The van der Waals surface area contributed by atoms with Gasteiger partial charge in [-0.05, 0) is 7.05 Å². The lowest BCUT2D eigenvalue weighted by molar-refractivity contribution is 0.443. The van der Waals surface area contributed by atoms with Crippen LogP contribution in [0.1, 0.15) is 0 Å². The third-order valence-electron chi connectivity index (χ3n) is 2.18. The van der Waals surface area contributed by atoms with Gasteiger partial charge in [0.15, 0.2) is 0 Å². The van der Waals surface area contributed by atoms with Gasteiger partial charge in [-0.1, -0.05) is 11.6 Å². The van der Waals surface area contributed by atoms with Crippen molar-refractivity contribution in [2.75, 3.05) is 25.0 Å². The molecule has 1 N–H and O–H groups in total. The summed E-state index contributed by atoms with van der Waals surface area (Å²) in [5.41, 5.74) is 0. The number of halogens is 3. The SMILES string of the molecule is CNC1CN(c2ncc(Cl)cn2)C1.Cl.Cl. The molecule has 1 aliphatic heterocycles. The lowest BCUT2D eigenvalue weighted by atomic mass is 10.1. The predicted octanol–water partition coefficient (Wildman–Crippen LogP) is 1.38. The van der Waals surface area contributed by atoms with Crippen molar-refractivity contribution in [3.8, 4) is 0 Å². The Labute approximate surface area is 106 Å². The zero-order valence-electron chi connectivity index (χ0n) is 8.18. The Morgan fingerprint density at radius 1 is 1.33 bits per heavy atom. The fourth-order valence-electron chi connectivity index (χ4n) is 1.29. The molecule has 0 bridgehead atoms. The third kappa shape index (κ3) is 3.34.